The first kappa shape index (κ1) is 17.4. The van der Waals surface area contributed by atoms with Crippen molar-refractivity contribution < 1.29 is 9.53 Å². The summed E-state index contributed by atoms with van der Waals surface area (Å²) in [6.07, 6.45) is -0.535. The summed E-state index contributed by atoms with van der Waals surface area (Å²) in [5.74, 6) is 6.16. The Kier molecular flexibility index (Phi) is 5.15. The summed E-state index contributed by atoms with van der Waals surface area (Å²) in [6.45, 7) is 7.45. The summed E-state index contributed by atoms with van der Waals surface area (Å²) in [5.41, 5.74) is 9.29. The Balaban J connectivity index is 2.10. The number of anilines is 2. The number of amides is 1. The quantitative estimate of drug-likeness (QED) is 0.607. The summed E-state index contributed by atoms with van der Waals surface area (Å²) in [7, 11) is 0. The molecule has 2 rings (SSSR count). The molecule has 24 heavy (non-hydrogen) atoms. The van der Waals surface area contributed by atoms with E-state index in [1.807, 2.05) is 37.3 Å². The van der Waals surface area contributed by atoms with Crippen LogP contribution in [-0.4, -0.2) is 11.7 Å². The van der Waals surface area contributed by atoms with Crippen molar-refractivity contribution >= 4 is 17.5 Å². The molecule has 4 nitrogen and oxygen atoms in total. The van der Waals surface area contributed by atoms with Crippen LogP contribution in [0.1, 0.15) is 37.5 Å². The van der Waals surface area contributed by atoms with Crippen LogP contribution in [0.25, 0.3) is 0 Å². The first-order chi connectivity index (χ1) is 11.2. The van der Waals surface area contributed by atoms with Gasteiger partial charge in [-0.25, -0.2) is 4.79 Å². The Labute approximate surface area is 143 Å². The summed E-state index contributed by atoms with van der Waals surface area (Å²) in [4.78, 5) is 11.8. The number of ether oxygens (including phenoxy) is 1. The van der Waals surface area contributed by atoms with E-state index >= 15 is 0 Å². The molecule has 0 bridgehead atoms. The molecule has 0 atom stereocenters. The summed E-state index contributed by atoms with van der Waals surface area (Å²) < 4.78 is 5.21. The topological polar surface area (TPSA) is 64.3 Å². The molecule has 0 radical (unpaired) electrons. The number of nitrogens with one attached hydrogen (secondary N) is 1. The molecule has 0 aromatic heterocycles. The van der Waals surface area contributed by atoms with E-state index in [9.17, 15) is 4.79 Å². The van der Waals surface area contributed by atoms with Gasteiger partial charge in [-0.2, -0.15) is 0 Å². The molecular formula is C20H22N2O2. The van der Waals surface area contributed by atoms with E-state index in [4.69, 9.17) is 10.5 Å². The zero-order chi connectivity index (χ0) is 17.7. The van der Waals surface area contributed by atoms with E-state index < -0.39 is 11.7 Å². The van der Waals surface area contributed by atoms with Crippen LogP contribution in [0.4, 0.5) is 16.2 Å². The van der Waals surface area contributed by atoms with Crippen LogP contribution in [0.5, 0.6) is 0 Å². The molecule has 1 amide bonds. The van der Waals surface area contributed by atoms with Gasteiger partial charge in [0, 0.05) is 11.1 Å². The maximum atomic E-state index is 11.8. The largest absolute Gasteiger partial charge is 0.444 e. The van der Waals surface area contributed by atoms with Crippen molar-refractivity contribution in [1.29, 1.82) is 0 Å². The van der Waals surface area contributed by atoms with Crippen LogP contribution in [0.15, 0.2) is 42.5 Å². The Hall–Kier alpha value is -2.93. The number of nitrogen functional groups attached to an aromatic ring is 1. The monoisotopic (exact) mass is 322 g/mol. The lowest BCUT2D eigenvalue weighted by Gasteiger charge is -2.20. The van der Waals surface area contributed by atoms with Crippen molar-refractivity contribution in [3.05, 3.63) is 59.2 Å². The zero-order valence-corrected chi connectivity index (χ0v) is 14.4. The van der Waals surface area contributed by atoms with E-state index in [0.29, 0.717) is 11.4 Å². The van der Waals surface area contributed by atoms with Gasteiger partial charge in [0.05, 0.1) is 11.4 Å². The zero-order valence-electron chi connectivity index (χ0n) is 14.4. The van der Waals surface area contributed by atoms with Gasteiger partial charge in [0.2, 0.25) is 0 Å². The van der Waals surface area contributed by atoms with Crippen molar-refractivity contribution in [3.8, 4) is 11.8 Å². The first-order valence-corrected chi connectivity index (χ1v) is 7.71. The maximum Gasteiger partial charge on any atom is 0.412 e. The third-order valence-corrected chi connectivity index (χ3v) is 3.09. The average Bonchev–Trinajstić information content (AvgIpc) is 2.47. The highest BCUT2D eigenvalue weighted by molar-refractivity contribution is 5.89. The highest BCUT2D eigenvalue weighted by atomic mass is 16.6. The van der Waals surface area contributed by atoms with E-state index in [2.05, 4.69) is 17.2 Å². The molecule has 3 N–H and O–H groups in total. The van der Waals surface area contributed by atoms with Crippen LogP contribution in [-0.2, 0) is 4.74 Å². The molecular weight excluding hydrogens is 300 g/mol. The Morgan fingerprint density at radius 2 is 1.62 bits per heavy atom. The van der Waals surface area contributed by atoms with Crippen LogP contribution in [0.3, 0.4) is 0 Å². The molecule has 0 aliphatic heterocycles. The number of aryl methyl sites for hydroxylation is 1. The second kappa shape index (κ2) is 7.10. The number of hydrogen-bond donors (Lipinski definition) is 2. The highest BCUT2D eigenvalue weighted by Gasteiger charge is 2.16. The summed E-state index contributed by atoms with van der Waals surface area (Å²) >= 11 is 0. The molecule has 0 saturated carbocycles. The second-order valence-electron chi connectivity index (χ2n) is 6.54. The van der Waals surface area contributed by atoms with E-state index in [-0.39, 0.29) is 0 Å². The second-order valence-corrected chi connectivity index (χ2v) is 6.54. The van der Waals surface area contributed by atoms with Gasteiger partial charge < -0.3 is 10.5 Å². The lowest BCUT2D eigenvalue weighted by atomic mass is 10.1. The summed E-state index contributed by atoms with van der Waals surface area (Å²) in [5, 5.41) is 2.64. The van der Waals surface area contributed by atoms with Crippen molar-refractivity contribution in [2.24, 2.45) is 0 Å². The lowest BCUT2D eigenvalue weighted by molar-refractivity contribution is 0.0636. The minimum Gasteiger partial charge on any atom is -0.444 e. The molecule has 0 aliphatic rings. The molecule has 2 aromatic carbocycles. The third kappa shape index (κ3) is 5.36. The Morgan fingerprint density at radius 3 is 2.21 bits per heavy atom. The number of benzene rings is 2. The van der Waals surface area contributed by atoms with Crippen molar-refractivity contribution in [1.82, 2.24) is 0 Å². The van der Waals surface area contributed by atoms with Gasteiger partial charge in [-0.1, -0.05) is 29.5 Å². The van der Waals surface area contributed by atoms with Crippen molar-refractivity contribution in [2.45, 2.75) is 33.3 Å². The molecule has 2 aromatic rings. The molecule has 4 heteroatoms. The minimum absolute atomic E-state index is 0.441. The smallest absolute Gasteiger partial charge is 0.412 e. The lowest BCUT2D eigenvalue weighted by Crippen LogP contribution is -2.27. The molecule has 0 saturated heterocycles. The molecule has 0 heterocycles. The van der Waals surface area contributed by atoms with Gasteiger partial charge in [0.15, 0.2) is 0 Å². The van der Waals surface area contributed by atoms with E-state index in [1.165, 1.54) is 5.56 Å². The van der Waals surface area contributed by atoms with Crippen LogP contribution in [0, 0.1) is 18.8 Å². The van der Waals surface area contributed by atoms with Crippen molar-refractivity contribution in [3.63, 3.8) is 0 Å². The Morgan fingerprint density at radius 1 is 1.04 bits per heavy atom. The van der Waals surface area contributed by atoms with Gasteiger partial charge in [-0.15, -0.1) is 0 Å². The number of nitrogens with two attached hydrogens (primary N) is 1. The van der Waals surface area contributed by atoms with Gasteiger partial charge in [-0.05, 0) is 58.0 Å². The van der Waals surface area contributed by atoms with Gasteiger partial charge >= 0.3 is 6.09 Å². The van der Waals surface area contributed by atoms with Crippen LogP contribution in [0.2, 0.25) is 0 Å². The predicted molar refractivity (Wildman–Crippen MR) is 97.9 cm³/mol. The first-order valence-electron chi connectivity index (χ1n) is 7.71. The number of carbonyl (C=O) groups excluding carboxylic acids is 1. The maximum absolute atomic E-state index is 11.8. The fraction of sp³-hybridized carbons (Fsp3) is 0.250. The number of carbonyl (C=O) groups is 1. The summed E-state index contributed by atoms with van der Waals surface area (Å²) in [6, 6.07) is 13.3. The minimum atomic E-state index is -0.557. The predicted octanol–water partition coefficient (Wildman–Crippen LogP) is 4.32. The fourth-order valence-corrected chi connectivity index (χ4v) is 1.95. The molecule has 0 fully saturated rings. The Bertz CT molecular complexity index is 791. The average molecular weight is 322 g/mol. The SMILES string of the molecule is Cc1ccc(C#Cc2ccc(NC(=O)OC(C)(C)C)c(N)c2)cc1. The van der Waals surface area contributed by atoms with Gasteiger partial charge in [-0.3, -0.25) is 5.32 Å². The number of rotatable bonds is 1. The molecule has 0 aliphatic carbocycles. The van der Waals surface area contributed by atoms with Gasteiger partial charge in [0.1, 0.15) is 5.60 Å². The highest BCUT2D eigenvalue weighted by Crippen LogP contribution is 2.20. The van der Waals surface area contributed by atoms with Crippen LogP contribution < -0.4 is 11.1 Å². The van der Waals surface area contributed by atoms with Crippen molar-refractivity contribution in [2.75, 3.05) is 11.1 Å². The van der Waals surface area contributed by atoms with E-state index in [1.54, 1.807) is 32.9 Å². The standard InChI is InChI=1S/C20H22N2O2/c1-14-5-7-15(8-6-14)9-10-16-11-12-18(17(21)13-16)22-19(23)24-20(2,3)4/h5-8,11-13H,21H2,1-4H3,(H,22,23). The number of hydrogen-bond acceptors (Lipinski definition) is 3. The third-order valence-electron chi connectivity index (χ3n) is 3.09. The molecule has 0 spiro atoms. The van der Waals surface area contributed by atoms with Crippen LogP contribution >= 0.6 is 0 Å². The fourth-order valence-electron chi connectivity index (χ4n) is 1.95. The molecule has 0 unspecified atom stereocenters. The molecule has 124 valence electrons. The van der Waals surface area contributed by atoms with Gasteiger partial charge in [0.25, 0.3) is 0 Å². The van der Waals surface area contributed by atoms with E-state index in [0.717, 1.165) is 11.1 Å². The normalized spacial score (nSPS) is 10.5.